The van der Waals surface area contributed by atoms with Crippen LogP contribution in [-0.2, 0) is 11.3 Å². The van der Waals surface area contributed by atoms with Crippen molar-refractivity contribution in [2.45, 2.75) is 38.8 Å². The quantitative estimate of drug-likeness (QED) is 0.908. The number of carbonyl (C=O) groups excluding carboxylic acids is 1. The fraction of sp³-hybridized carbons (Fsp3) is 0.476. The van der Waals surface area contributed by atoms with Gasteiger partial charge in [-0.15, -0.1) is 0 Å². The summed E-state index contributed by atoms with van der Waals surface area (Å²) in [4.78, 5) is 20.4. The van der Waals surface area contributed by atoms with Crippen LogP contribution < -0.4 is 5.32 Å². The first-order valence-corrected chi connectivity index (χ1v) is 9.67. The number of rotatable bonds is 3. The second-order valence-electron chi connectivity index (χ2n) is 8.11. The van der Waals surface area contributed by atoms with Crippen LogP contribution in [0.3, 0.4) is 0 Å². The largest absolute Gasteiger partial charge is 0.361 e. The van der Waals surface area contributed by atoms with Gasteiger partial charge in [0.2, 0.25) is 0 Å². The summed E-state index contributed by atoms with van der Waals surface area (Å²) in [5.74, 6) is 2.50. The van der Waals surface area contributed by atoms with Gasteiger partial charge < -0.3 is 9.84 Å². The van der Waals surface area contributed by atoms with Gasteiger partial charge in [0.1, 0.15) is 17.1 Å². The van der Waals surface area contributed by atoms with Crippen molar-refractivity contribution in [2.24, 2.45) is 16.8 Å². The van der Waals surface area contributed by atoms with Gasteiger partial charge in [-0.25, -0.2) is 0 Å². The molecule has 3 aliphatic rings. The van der Waals surface area contributed by atoms with Crippen LogP contribution in [0.4, 0.5) is 0 Å². The SMILES string of the molecule is Cc1noc(C)c1CN1C[C@H]2CC[C@@]3(N=C(c4ccccc4)NC3=O)[C@H]2C1. The third kappa shape index (κ3) is 2.54. The molecule has 1 amide bonds. The third-order valence-corrected chi connectivity index (χ3v) is 6.57. The Hall–Kier alpha value is -2.47. The molecule has 1 N–H and O–H groups in total. The molecule has 1 spiro atoms. The van der Waals surface area contributed by atoms with E-state index in [-0.39, 0.29) is 11.8 Å². The maximum absolute atomic E-state index is 13.0. The Bertz CT molecular complexity index is 900. The molecule has 6 nitrogen and oxygen atoms in total. The molecular formula is C21H24N4O2. The molecule has 1 saturated carbocycles. The highest BCUT2D eigenvalue weighted by molar-refractivity contribution is 6.15. The Morgan fingerprint density at radius 1 is 1.26 bits per heavy atom. The molecule has 1 saturated heterocycles. The van der Waals surface area contributed by atoms with Crippen LogP contribution in [0.5, 0.6) is 0 Å². The van der Waals surface area contributed by atoms with Crippen molar-refractivity contribution in [3.05, 3.63) is 52.9 Å². The lowest BCUT2D eigenvalue weighted by molar-refractivity contribution is -0.125. The zero-order valence-corrected chi connectivity index (χ0v) is 15.7. The molecule has 2 fully saturated rings. The number of aliphatic imine (C=N–C) groups is 1. The summed E-state index contributed by atoms with van der Waals surface area (Å²) in [6.07, 6.45) is 1.91. The van der Waals surface area contributed by atoms with Gasteiger partial charge in [0, 0.05) is 36.7 Å². The zero-order chi connectivity index (χ0) is 18.6. The van der Waals surface area contributed by atoms with Gasteiger partial charge in [-0.05, 0) is 32.6 Å². The maximum Gasteiger partial charge on any atom is 0.253 e. The molecule has 1 aromatic carbocycles. The molecule has 1 aromatic heterocycles. The van der Waals surface area contributed by atoms with Gasteiger partial charge in [-0.3, -0.25) is 14.7 Å². The van der Waals surface area contributed by atoms with Crippen molar-refractivity contribution in [3.8, 4) is 0 Å². The van der Waals surface area contributed by atoms with Crippen molar-refractivity contribution < 1.29 is 9.32 Å². The topological polar surface area (TPSA) is 70.7 Å². The Kier molecular flexibility index (Phi) is 3.72. The smallest absolute Gasteiger partial charge is 0.253 e. The van der Waals surface area contributed by atoms with E-state index in [9.17, 15) is 4.79 Å². The highest BCUT2D eigenvalue weighted by Gasteiger charge is 2.59. The van der Waals surface area contributed by atoms with E-state index < -0.39 is 5.54 Å². The number of amides is 1. The summed E-state index contributed by atoms with van der Waals surface area (Å²) in [5.41, 5.74) is 2.52. The minimum absolute atomic E-state index is 0.0769. The lowest BCUT2D eigenvalue weighted by Gasteiger charge is -2.25. The predicted molar refractivity (Wildman–Crippen MR) is 101 cm³/mol. The van der Waals surface area contributed by atoms with E-state index in [1.165, 1.54) is 5.56 Å². The predicted octanol–water partition coefficient (Wildman–Crippen LogP) is 2.45. The van der Waals surface area contributed by atoms with Gasteiger partial charge in [-0.2, -0.15) is 0 Å². The molecule has 0 radical (unpaired) electrons. The summed E-state index contributed by atoms with van der Waals surface area (Å²) < 4.78 is 5.31. The van der Waals surface area contributed by atoms with Crippen LogP contribution in [0, 0.1) is 25.7 Å². The van der Waals surface area contributed by atoms with E-state index in [0.29, 0.717) is 5.92 Å². The highest BCUT2D eigenvalue weighted by atomic mass is 16.5. The average molecular weight is 364 g/mol. The van der Waals surface area contributed by atoms with Crippen molar-refractivity contribution in [1.29, 1.82) is 0 Å². The van der Waals surface area contributed by atoms with Crippen LogP contribution in [-0.4, -0.2) is 40.4 Å². The number of hydrogen-bond donors (Lipinski definition) is 1. The lowest BCUT2D eigenvalue weighted by Crippen LogP contribution is -2.44. The third-order valence-electron chi connectivity index (χ3n) is 6.57. The van der Waals surface area contributed by atoms with Gasteiger partial charge in [0.05, 0.1) is 5.69 Å². The van der Waals surface area contributed by atoms with Crippen molar-refractivity contribution >= 4 is 11.7 Å². The first kappa shape index (κ1) is 16.7. The van der Waals surface area contributed by atoms with Crippen molar-refractivity contribution in [2.75, 3.05) is 13.1 Å². The number of amidine groups is 1. The summed E-state index contributed by atoms with van der Waals surface area (Å²) in [5, 5.41) is 7.13. The normalized spacial score (nSPS) is 30.0. The van der Waals surface area contributed by atoms with Crippen LogP contribution in [0.1, 0.15) is 35.4 Å². The van der Waals surface area contributed by atoms with Crippen molar-refractivity contribution in [3.63, 3.8) is 0 Å². The van der Waals surface area contributed by atoms with Crippen LogP contribution in [0.25, 0.3) is 0 Å². The minimum atomic E-state index is -0.594. The van der Waals surface area contributed by atoms with E-state index >= 15 is 0 Å². The van der Waals surface area contributed by atoms with E-state index in [0.717, 1.165) is 55.3 Å². The maximum atomic E-state index is 13.0. The Balaban J connectivity index is 1.40. The Morgan fingerprint density at radius 3 is 2.81 bits per heavy atom. The number of nitrogens with one attached hydrogen (secondary N) is 1. The minimum Gasteiger partial charge on any atom is -0.361 e. The molecule has 3 atom stereocenters. The summed E-state index contributed by atoms with van der Waals surface area (Å²) in [6, 6.07) is 9.94. The summed E-state index contributed by atoms with van der Waals surface area (Å²) in [7, 11) is 0. The monoisotopic (exact) mass is 364 g/mol. The summed E-state index contributed by atoms with van der Waals surface area (Å²) >= 11 is 0. The number of nitrogens with zero attached hydrogens (tertiary/aromatic N) is 3. The van der Waals surface area contributed by atoms with Crippen molar-refractivity contribution in [1.82, 2.24) is 15.4 Å². The standard InChI is InChI=1S/C21H24N4O2/c1-13-17(14(2)27-24-13)11-25-10-16-8-9-21(18(16)12-25)20(26)22-19(23-21)15-6-4-3-5-7-15/h3-7,16,18H,8-12H2,1-2H3,(H,22,23,26)/t16-,18+,21-/m1/s1. The molecule has 2 aromatic rings. The second-order valence-corrected chi connectivity index (χ2v) is 8.11. The molecule has 1 aliphatic carbocycles. The number of benzene rings is 1. The first-order chi connectivity index (χ1) is 13.1. The van der Waals surface area contributed by atoms with Gasteiger partial charge in [-0.1, -0.05) is 35.5 Å². The lowest BCUT2D eigenvalue weighted by atomic mass is 9.85. The molecular weight excluding hydrogens is 340 g/mol. The number of hydrogen-bond acceptors (Lipinski definition) is 5. The summed E-state index contributed by atoms with van der Waals surface area (Å²) in [6.45, 7) is 6.70. The van der Waals surface area contributed by atoms with Crippen LogP contribution in [0.2, 0.25) is 0 Å². The fourth-order valence-electron chi connectivity index (χ4n) is 5.11. The van der Waals surface area contributed by atoms with Gasteiger partial charge in [0.15, 0.2) is 0 Å². The molecule has 0 unspecified atom stereocenters. The molecule has 27 heavy (non-hydrogen) atoms. The molecule has 3 heterocycles. The van der Waals surface area contributed by atoms with Crippen LogP contribution in [0.15, 0.2) is 39.8 Å². The second kappa shape index (κ2) is 6.02. The van der Waals surface area contributed by atoms with Crippen LogP contribution >= 0.6 is 0 Å². The first-order valence-electron chi connectivity index (χ1n) is 9.67. The number of carbonyl (C=O) groups is 1. The Morgan fingerprint density at radius 2 is 2.07 bits per heavy atom. The van der Waals surface area contributed by atoms with E-state index in [2.05, 4.69) is 15.4 Å². The number of aromatic nitrogens is 1. The Labute approximate surface area is 158 Å². The molecule has 5 rings (SSSR count). The van der Waals surface area contributed by atoms with E-state index in [1.54, 1.807) is 0 Å². The fourth-order valence-corrected chi connectivity index (χ4v) is 5.11. The molecule has 140 valence electrons. The zero-order valence-electron chi connectivity index (χ0n) is 15.7. The average Bonchev–Trinajstić information content (AvgIpc) is 3.40. The molecule has 2 aliphatic heterocycles. The van der Waals surface area contributed by atoms with Gasteiger partial charge in [0.25, 0.3) is 5.91 Å². The highest BCUT2D eigenvalue weighted by Crippen LogP contribution is 2.49. The molecule has 0 bridgehead atoms. The molecule has 6 heteroatoms. The number of aryl methyl sites for hydroxylation is 2. The number of fused-ring (bicyclic) bond motifs is 2. The van der Waals surface area contributed by atoms with E-state index in [4.69, 9.17) is 9.52 Å². The van der Waals surface area contributed by atoms with Gasteiger partial charge >= 0.3 is 0 Å². The van der Waals surface area contributed by atoms with E-state index in [1.807, 2.05) is 44.2 Å². The number of likely N-dealkylation sites (tertiary alicyclic amines) is 1.